The molecule has 0 spiro atoms. The summed E-state index contributed by atoms with van der Waals surface area (Å²) in [6.07, 6.45) is 6.70. The molecule has 136 valence electrons. The van der Waals surface area contributed by atoms with Crippen molar-refractivity contribution in [2.24, 2.45) is 11.8 Å². The molecule has 1 aliphatic carbocycles. The monoisotopic (exact) mass is 402 g/mol. The minimum absolute atomic E-state index is 0.281. The fourth-order valence-corrected chi connectivity index (χ4v) is 5.26. The number of rotatable bonds is 5. The van der Waals surface area contributed by atoms with Crippen molar-refractivity contribution in [1.82, 2.24) is 0 Å². The fraction of sp³-hybridized carbons (Fsp3) is 0.565. The minimum Gasteiger partial charge on any atom is -0.368 e. The molecule has 2 aromatic carbocycles. The predicted molar refractivity (Wildman–Crippen MR) is 111 cm³/mol. The molecule has 1 aliphatic rings. The van der Waals surface area contributed by atoms with Crippen molar-refractivity contribution in [2.75, 3.05) is 0 Å². The smallest absolute Gasteiger partial charge is 0.0890 e. The summed E-state index contributed by atoms with van der Waals surface area (Å²) in [6, 6.07) is 13.0. The summed E-state index contributed by atoms with van der Waals surface area (Å²) in [4.78, 5) is 0. The fourth-order valence-electron chi connectivity index (χ4n) is 4.29. The van der Waals surface area contributed by atoms with Gasteiger partial charge in [-0.05, 0) is 83.6 Å². The Morgan fingerprint density at radius 1 is 1.08 bits per heavy atom. The number of hydrogen-bond acceptors (Lipinski definition) is 1. The molecule has 2 heteroatoms. The minimum atomic E-state index is -0.281. The number of fused-ring (bicyclic) bond motifs is 1. The second-order valence-electron chi connectivity index (χ2n) is 8.20. The standard InChI is InChI=1S/C23H31BrO/c1-5-16(2)17-10-13-19(14-11-17)25-23(3,4)21-15-12-18-8-6-7-9-20(18)22(21)24/h6-9,12,15-17,19H,5,10-11,13-14H2,1-4H3. The van der Waals surface area contributed by atoms with Crippen LogP contribution >= 0.6 is 15.9 Å². The molecule has 2 aromatic rings. The van der Waals surface area contributed by atoms with Crippen LogP contribution in [0.4, 0.5) is 0 Å². The molecular formula is C23H31BrO. The van der Waals surface area contributed by atoms with Crippen molar-refractivity contribution in [3.63, 3.8) is 0 Å². The van der Waals surface area contributed by atoms with Gasteiger partial charge in [0, 0.05) is 4.47 Å². The summed E-state index contributed by atoms with van der Waals surface area (Å²) in [5, 5.41) is 2.53. The molecular weight excluding hydrogens is 372 g/mol. The number of halogens is 1. The van der Waals surface area contributed by atoms with E-state index in [0.717, 1.165) is 11.8 Å². The maximum absolute atomic E-state index is 6.63. The Hall–Kier alpha value is -0.860. The van der Waals surface area contributed by atoms with Gasteiger partial charge in [-0.25, -0.2) is 0 Å². The molecule has 0 bridgehead atoms. The van der Waals surface area contributed by atoms with Gasteiger partial charge in [0.25, 0.3) is 0 Å². The van der Waals surface area contributed by atoms with Crippen LogP contribution in [0.25, 0.3) is 10.8 Å². The average Bonchev–Trinajstić information content (AvgIpc) is 2.61. The van der Waals surface area contributed by atoms with Crippen LogP contribution in [0, 0.1) is 11.8 Å². The van der Waals surface area contributed by atoms with Crippen molar-refractivity contribution >= 4 is 26.7 Å². The summed E-state index contributed by atoms with van der Waals surface area (Å²) in [5.41, 5.74) is 0.965. The van der Waals surface area contributed by atoms with E-state index >= 15 is 0 Å². The van der Waals surface area contributed by atoms with Crippen molar-refractivity contribution in [3.05, 3.63) is 46.4 Å². The van der Waals surface area contributed by atoms with Gasteiger partial charge in [-0.1, -0.05) is 56.7 Å². The zero-order valence-corrected chi connectivity index (χ0v) is 17.6. The largest absolute Gasteiger partial charge is 0.368 e. The average molecular weight is 403 g/mol. The van der Waals surface area contributed by atoms with Crippen LogP contribution in [0.3, 0.4) is 0 Å². The van der Waals surface area contributed by atoms with E-state index in [1.807, 2.05) is 0 Å². The molecule has 0 aliphatic heterocycles. The second-order valence-corrected chi connectivity index (χ2v) is 8.99. The highest BCUT2D eigenvalue weighted by molar-refractivity contribution is 9.10. The summed E-state index contributed by atoms with van der Waals surface area (Å²) < 4.78 is 7.80. The lowest BCUT2D eigenvalue weighted by Gasteiger charge is -2.37. The molecule has 3 rings (SSSR count). The van der Waals surface area contributed by atoms with E-state index in [4.69, 9.17) is 4.74 Å². The van der Waals surface area contributed by atoms with Gasteiger partial charge in [-0.2, -0.15) is 0 Å². The van der Waals surface area contributed by atoms with Gasteiger partial charge in [0.2, 0.25) is 0 Å². The summed E-state index contributed by atoms with van der Waals surface area (Å²) in [6.45, 7) is 9.14. The molecule has 1 atom stereocenters. The Morgan fingerprint density at radius 3 is 2.44 bits per heavy atom. The zero-order chi connectivity index (χ0) is 18.0. The van der Waals surface area contributed by atoms with Gasteiger partial charge < -0.3 is 4.74 Å². The lowest BCUT2D eigenvalue weighted by molar-refractivity contribution is -0.0958. The van der Waals surface area contributed by atoms with E-state index in [0.29, 0.717) is 6.10 Å². The first-order chi connectivity index (χ1) is 11.9. The Kier molecular flexibility index (Phi) is 5.90. The highest BCUT2D eigenvalue weighted by Gasteiger charge is 2.31. The summed E-state index contributed by atoms with van der Waals surface area (Å²) in [5.74, 6) is 1.74. The molecule has 0 N–H and O–H groups in total. The Morgan fingerprint density at radius 2 is 1.76 bits per heavy atom. The highest BCUT2D eigenvalue weighted by atomic mass is 79.9. The molecule has 1 fully saturated rings. The molecule has 1 unspecified atom stereocenters. The van der Waals surface area contributed by atoms with E-state index in [1.54, 1.807) is 0 Å². The molecule has 1 nitrogen and oxygen atoms in total. The van der Waals surface area contributed by atoms with E-state index in [9.17, 15) is 0 Å². The summed E-state index contributed by atoms with van der Waals surface area (Å²) >= 11 is 3.84. The number of ether oxygens (including phenoxy) is 1. The molecule has 0 saturated heterocycles. The van der Waals surface area contributed by atoms with Crippen LogP contribution in [0.15, 0.2) is 40.9 Å². The van der Waals surface area contributed by atoms with Gasteiger partial charge in [-0.3, -0.25) is 0 Å². The topological polar surface area (TPSA) is 9.23 Å². The van der Waals surface area contributed by atoms with Crippen LogP contribution in [0.5, 0.6) is 0 Å². The van der Waals surface area contributed by atoms with Crippen LogP contribution in [-0.2, 0) is 10.3 Å². The second kappa shape index (κ2) is 7.80. The first-order valence-corrected chi connectivity index (χ1v) is 10.6. The Labute approximate surface area is 161 Å². The first kappa shape index (κ1) is 18.9. The van der Waals surface area contributed by atoms with E-state index in [-0.39, 0.29) is 5.60 Å². The van der Waals surface area contributed by atoms with Gasteiger partial charge in [-0.15, -0.1) is 0 Å². The van der Waals surface area contributed by atoms with E-state index in [1.165, 1.54) is 52.9 Å². The van der Waals surface area contributed by atoms with Crippen LogP contribution in [0.2, 0.25) is 0 Å². The molecule has 0 heterocycles. The maximum Gasteiger partial charge on any atom is 0.0890 e. The zero-order valence-electron chi connectivity index (χ0n) is 16.0. The molecule has 1 saturated carbocycles. The van der Waals surface area contributed by atoms with Crippen LogP contribution in [0.1, 0.15) is 65.4 Å². The molecule has 25 heavy (non-hydrogen) atoms. The predicted octanol–water partition coefficient (Wildman–Crippen LogP) is 7.46. The van der Waals surface area contributed by atoms with Gasteiger partial charge in [0.1, 0.15) is 0 Å². The SMILES string of the molecule is CCC(C)C1CCC(OC(C)(C)c2ccc3ccccc3c2Br)CC1. The van der Waals surface area contributed by atoms with E-state index < -0.39 is 0 Å². The van der Waals surface area contributed by atoms with Crippen molar-refractivity contribution in [3.8, 4) is 0 Å². The van der Waals surface area contributed by atoms with Crippen LogP contribution < -0.4 is 0 Å². The van der Waals surface area contributed by atoms with Gasteiger partial charge >= 0.3 is 0 Å². The van der Waals surface area contributed by atoms with Gasteiger partial charge in [0.05, 0.1) is 11.7 Å². The third kappa shape index (κ3) is 4.11. The first-order valence-electron chi connectivity index (χ1n) is 9.78. The molecule has 0 radical (unpaired) electrons. The quantitative estimate of drug-likeness (QED) is 0.503. The number of hydrogen-bond donors (Lipinski definition) is 0. The Balaban J connectivity index is 1.73. The normalized spacial score (nSPS) is 22.9. The molecule has 0 amide bonds. The van der Waals surface area contributed by atoms with Gasteiger partial charge in [0.15, 0.2) is 0 Å². The molecule has 0 aromatic heterocycles. The van der Waals surface area contributed by atoms with Crippen molar-refractivity contribution < 1.29 is 4.74 Å². The van der Waals surface area contributed by atoms with E-state index in [2.05, 4.69) is 80.0 Å². The maximum atomic E-state index is 6.63. The highest BCUT2D eigenvalue weighted by Crippen LogP contribution is 2.40. The lowest BCUT2D eigenvalue weighted by atomic mass is 9.78. The summed E-state index contributed by atoms with van der Waals surface area (Å²) in [7, 11) is 0. The number of benzene rings is 2. The Bertz CT molecular complexity index is 713. The van der Waals surface area contributed by atoms with Crippen LogP contribution in [-0.4, -0.2) is 6.10 Å². The third-order valence-corrected chi connectivity index (χ3v) is 7.00. The lowest BCUT2D eigenvalue weighted by Crippen LogP contribution is -2.32. The third-order valence-electron chi connectivity index (χ3n) is 6.14. The van der Waals surface area contributed by atoms with Crippen molar-refractivity contribution in [1.29, 1.82) is 0 Å². The van der Waals surface area contributed by atoms with Crippen molar-refractivity contribution in [2.45, 2.75) is 71.5 Å².